The van der Waals surface area contributed by atoms with Crippen molar-refractivity contribution >= 4 is 0 Å². The van der Waals surface area contributed by atoms with Gasteiger partial charge in [-0.3, -0.25) is 0 Å². The molecule has 1 N–H and O–H groups in total. The van der Waals surface area contributed by atoms with Crippen LogP contribution in [0.15, 0.2) is 0 Å². The van der Waals surface area contributed by atoms with Crippen molar-refractivity contribution in [1.82, 2.24) is 5.32 Å². The van der Waals surface area contributed by atoms with Gasteiger partial charge in [0.15, 0.2) is 0 Å². The molecule has 0 amide bonds. The first kappa shape index (κ1) is 7.56. The quantitative estimate of drug-likeness (QED) is 0.570. The summed E-state index contributed by atoms with van der Waals surface area (Å²) in [6.07, 6.45) is 6.21. The molecule has 2 rings (SSSR count). The first-order chi connectivity index (χ1) is 5.41. The van der Waals surface area contributed by atoms with Gasteiger partial charge in [-0.25, -0.2) is 0 Å². The fraction of sp³-hybridized carbons (Fsp3) is 0.889. The van der Waals surface area contributed by atoms with Crippen LogP contribution >= 0.6 is 0 Å². The molecule has 0 aromatic rings. The molecule has 1 spiro atoms. The molecule has 2 heteroatoms. The molecule has 0 aliphatic carbocycles. The van der Waals surface area contributed by atoms with Gasteiger partial charge < -0.3 is 10.1 Å². The molecule has 2 heterocycles. The SMILES string of the molecule is [CH]1CCCC2(CCCNC2)O1. The maximum Gasteiger partial charge on any atom is 0.0845 e. The predicted molar refractivity (Wildman–Crippen MR) is 44.1 cm³/mol. The van der Waals surface area contributed by atoms with Crippen molar-refractivity contribution in [3.05, 3.63) is 6.61 Å². The first-order valence-electron chi connectivity index (χ1n) is 4.62. The molecule has 11 heavy (non-hydrogen) atoms. The molecule has 0 bridgehead atoms. The number of hydrogen-bond donors (Lipinski definition) is 1. The van der Waals surface area contributed by atoms with E-state index in [9.17, 15) is 0 Å². The van der Waals surface area contributed by atoms with E-state index in [2.05, 4.69) is 5.32 Å². The number of piperidine rings is 1. The van der Waals surface area contributed by atoms with Gasteiger partial charge in [-0.05, 0) is 38.6 Å². The summed E-state index contributed by atoms with van der Waals surface area (Å²) in [4.78, 5) is 0. The summed E-state index contributed by atoms with van der Waals surface area (Å²) in [6.45, 7) is 4.23. The summed E-state index contributed by atoms with van der Waals surface area (Å²) in [5.41, 5.74) is 0.191. The second kappa shape index (κ2) is 3.11. The van der Waals surface area contributed by atoms with Crippen LogP contribution in [-0.4, -0.2) is 18.7 Å². The lowest BCUT2D eigenvalue weighted by Crippen LogP contribution is -2.48. The third kappa shape index (κ3) is 1.57. The number of rotatable bonds is 0. The molecule has 2 aliphatic rings. The van der Waals surface area contributed by atoms with Gasteiger partial charge in [-0.1, -0.05) is 0 Å². The molecule has 2 aliphatic heterocycles. The molecule has 63 valence electrons. The Morgan fingerprint density at radius 3 is 2.82 bits per heavy atom. The second-order valence-corrected chi connectivity index (χ2v) is 3.64. The van der Waals surface area contributed by atoms with Crippen molar-refractivity contribution in [3.63, 3.8) is 0 Å². The van der Waals surface area contributed by atoms with Crippen LogP contribution in [0.4, 0.5) is 0 Å². The largest absolute Gasteiger partial charge is 0.368 e. The minimum Gasteiger partial charge on any atom is -0.368 e. The fourth-order valence-corrected chi connectivity index (χ4v) is 2.06. The molecule has 0 saturated carbocycles. The van der Waals surface area contributed by atoms with E-state index in [-0.39, 0.29) is 5.60 Å². The average Bonchev–Trinajstić information content (AvgIpc) is 2.07. The van der Waals surface area contributed by atoms with Gasteiger partial charge in [-0.15, -0.1) is 0 Å². The van der Waals surface area contributed by atoms with Crippen LogP contribution in [0.1, 0.15) is 32.1 Å². The van der Waals surface area contributed by atoms with Crippen LogP contribution in [0.3, 0.4) is 0 Å². The zero-order valence-electron chi connectivity index (χ0n) is 6.94. The molecule has 0 aromatic heterocycles. The summed E-state index contributed by atoms with van der Waals surface area (Å²) >= 11 is 0. The highest BCUT2D eigenvalue weighted by Gasteiger charge is 2.34. The zero-order valence-corrected chi connectivity index (χ0v) is 6.94. The summed E-state index contributed by atoms with van der Waals surface area (Å²) in [7, 11) is 0. The van der Waals surface area contributed by atoms with Crippen LogP contribution in [0.25, 0.3) is 0 Å². The van der Waals surface area contributed by atoms with Gasteiger partial charge in [0, 0.05) is 6.54 Å². The molecule has 1 atom stereocenters. The number of ether oxygens (including phenoxy) is 1. The smallest absolute Gasteiger partial charge is 0.0845 e. The van der Waals surface area contributed by atoms with E-state index in [0.717, 1.165) is 13.0 Å². The van der Waals surface area contributed by atoms with Gasteiger partial charge >= 0.3 is 0 Å². The summed E-state index contributed by atoms with van der Waals surface area (Å²) in [5, 5.41) is 3.40. The topological polar surface area (TPSA) is 21.3 Å². The Bertz CT molecular complexity index is 104. The molecule has 2 nitrogen and oxygen atoms in total. The second-order valence-electron chi connectivity index (χ2n) is 3.64. The highest BCUT2D eigenvalue weighted by molar-refractivity contribution is 4.90. The van der Waals surface area contributed by atoms with Crippen LogP contribution < -0.4 is 5.32 Å². The van der Waals surface area contributed by atoms with E-state index in [0.29, 0.717) is 0 Å². The Morgan fingerprint density at radius 1 is 1.27 bits per heavy atom. The Balaban J connectivity index is 1.94. The Hall–Kier alpha value is -0.0800. The van der Waals surface area contributed by atoms with E-state index in [1.165, 1.54) is 32.2 Å². The van der Waals surface area contributed by atoms with Gasteiger partial charge in [0.05, 0.1) is 12.2 Å². The molecule has 2 saturated heterocycles. The maximum atomic E-state index is 5.72. The van der Waals surface area contributed by atoms with Crippen LogP contribution in [-0.2, 0) is 4.74 Å². The summed E-state index contributed by atoms with van der Waals surface area (Å²) in [5.74, 6) is 0. The fourth-order valence-electron chi connectivity index (χ4n) is 2.06. The van der Waals surface area contributed by atoms with Crippen molar-refractivity contribution in [2.24, 2.45) is 0 Å². The molecular weight excluding hydrogens is 138 g/mol. The van der Waals surface area contributed by atoms with Crippen LogP contribution in [0, 0.1) is 6.61 Å². The zero-order chi connectivity index (χ0) is 7.57. The highest BCUT2D eigenvalue weighted by Crippen LogP contribution is 2.32. The third-order valence-electron chi connectivity index (χ3n) is 2.72. The number of hydrogen-bond acceptors (Lipinski definition) is 2. The monoisotopic (exact) mass is 154 g/mol. The highest BCUT2D eigenvalue weighted by atomic mass is 16.5. The lowest BCUT2D eigenvalue weighted by molar-refractivity contribution is -0.0553. The molecule has 1 radical (unpaired) electrons. The van der Waals surface area contributed by atoms with Crippen molar-refractivity contribution in [2.75, 3.05) is 13.1 Å². The standard InChI is InChI=1S/C9H16NO/c1-2-7-11-9(4-1)5-3-6-10-8-9/h7,10H,1-6,8H2. The lowest BCUT2D eigenvalue weighted by atomic mass is 9.87. The molecule has 1 unspecified atom stereocenters. The van der Waals surface area contributed by atoms with E-state index in [1.807, 2.05) is 6.61 Å². The normalized spacial score (nSPS) is 39.3. The Labute approximate surface area is 68.3 Å². The van der Waals surface area contributed by atoms with E-state index < -0.39 is 0 Å². The van der Waals surface area contributed by atoms with Gasteiger partial charge in [0.25, 0.3) is 0 Å². The molecular formula is C9H16NO. The molecule has 0 aromatic carbocycles. The van der Waals surface area contributed by atoms with Crippen LogP contribution in [0.5, 0.6) is 0 Å². The predicted octanol–water partition coefficient (Wildman–Crippen LogP) is 1.47. The minimum atomic E-state index is 0.191. The molecule has 2 fully saturated rings. The average molecular weight is 154 g/mol. The maximum absolute atomic E-state index is 5.72. The van der Waals surface area contributed by atoms with Gasteiger partial charge in [0.1, 0.15) is 0 Å². The van der Waals surface area contributed by atoms with E-state index >= 15 is 0 Å². The van der Waals surface area contributed by atoms with Gasteiger partial charge in [-0.2, -0.15) is 0 Å². The number of nitrogens with one attached hydrogen (secondary N) is 1. The first-order valence-corrected chi connectivity index (χ1v) is 4.62. The van der Waals surface area contributed by atoms with Gasteiger partial charge in [0.2, 0.25) is 0 Å². The Morgan fingerprint density at radius 2 is 2.18 bits per heavy atom. The lowest BCUT2D eigenvalue weighted by Gasteiger charge is -2.40. The summed E-state index contributed by atoms with van der Waals surface area (Å²) in [6, 6.07) is 0. The Kier molecular flexibility index (Phi) is 2.14. The van der Waals surface area contributed by atoms with Crippen LogP contribution in [0.2, 0.25) is 0 Å². The van der Waals surface area contributed by atoms with Crippen molar-refractivity contribution in [1.29, 1.82) is 0 Å². The van der Waals surface area contributed by atoms with E-state index in [4.69, 9.17) is 4.74 Å². The van der Waals surface area contributed by atoms with Crippen molar-refractivity contribution in [3.8, 4) is 0 Å². The minimum absolute atomic E-state index is 0.191. The van der Waals surface area contributed by atoms with Crippen molar-refractivity contribution < 1.29 is 4.74 Å². The third-order valence-corrected chi connectivity index (χ3v) is 2.72. The summed E-state index contributed by atoms with van der Waals surface area (Å²) < 4.78 is 5.72. The van der Waals surface area contributed by atoms with Crippen molar-refractivity contribution in [2.45, 2.75) is 37.7 Å². The van der Waals surface area contributed by atoms with E-state index in [1.54, 1.807) is 0 Å².